The number of pyridine rings is 1. The highest BCUT2D eigenvalue weighted by Crippen LogP contribution is 2.34. The number of hydrogen-bond donors (Lipinski definition) is 0. The van der Waals surface area contributed by atoms with Crippen LogP contribution in [0.1, 0.15) is 79.1 Å². The van der Waals surface area contributed by atoms with Crippen molar-refractivity contribution in [2.45, 2.75) is 85.6 Å². The zero-order chi connectivity index (χ0) is 24.9. The molecule has 0 spiro atoms. The maximum atomic E-state index is 13.4. The second-order valence-corrected chi connectivity index (χ2v) is 9.15. The van der Waals surface area contributed by atoms with Gasteiger partial charge < -0.3 is 18.8 Å². The summed E-state index contributed by atoms with van der Waals surface area (Å²) in [5.41, 5.74) is 3.25. The number of aryl methyl sites for hydroxylation is 1. The predicted molar refractivity (Wildman–Crippen MR) is 143 cm³/mol. The summed E-state index contributed by atoms with van der Waals surface area (Å²) < 4.78 is 19.0. The van der Waals surface area contributed by atoms with Gasteiger partial charge in [0.1, 0.15) is 12.4 Å². The number of unbranched alkanes of at least 4 members (excludes halogenated alkanes) is 5. The van der Waals surface area contributed by atoms with Crippen molar-refractivity contribution in [2.75, 3.05) is 20.8 Å². The lowest BCUT2D eigenvalue weighted by atomic mass is 10.1. The fourth-order valence-corrected chi connectivity index (χ4v) is 4.06. The molecule has 1 aromatic heterocycles. The van der Waals surface area contributed by atoms with Gasteiger partial charge in [0.25, 0.3) is 5.56 Å². The molecule has 34 heavy (non-hydrogen) atoms. The molecule has 0 bridgehead atoms. The summed E-state index contributed by atoms with van der Waals surface area (Å²) in [7, 11) is 3.18. The molecule has 0 aliphatic carbocycles. The van der Waals surface area contributed by atoms with Crippen LogP contribution in [0.2, 0.25) is 0 Å². The van der Waals surface area contributed by atoms with Gasteiger partial charge in [0, 0.05) is 18.0 Å². The molecular formula is C29H43NO4. The van der Waals surface area contributed by atoms with Crippen molar-refractivity contribution in [2.24, 2.45) is 0 Å². The predicted octanol–water partition coefficient (Wildman–Crippen LogP) is 7.45. The van der Waals surface area contributed by atoms with E-state index < -0.39 is 0 Å². The average Bonchev–Trinajstić information content (AvgIpc) is 2.82. The van der Waals surface area contributed by atoms with Crippen molar-refractivity contribution in [3.8, 4) is 17.2 Å². The summed E-state index contributed by atoms with van der Waals surface area (Å²) in [6.45, 7) is 9.59. The number of rotatable bonds is 15. The van der Waals surface area contributed by atoms with E-state index in [1.54, 1.807) is 7.11 Å². The lowest BCUT2D eigenvalue weighted by Gasteiger charge is -2.18. The molecule has 0 fully saturated rings. The van der Waals surface area contributed by atoms with Crippen molar-refractivity contribution in [1.29, 1.82) is 0 Å². The minimum absolute atomic E-state index is 0.156. The maximum absolute atomic E-state index is 13.4. The number of benzene rings is 1. The summed E-state index contributed by atoms with van der Waals surface area (Å²) >= 11 is 0. The smallest absolute Gasteiger partial charge is 0.297 e. The van der Waals surface area contributed by atoms with Crippen LogP contribution in [0, 0.1) is 0 Å². The molecule has 0 radical (unpaired) electrons. The first-order chi connectivity index (χ1) is 16.4. The van der Waals surface area contributed by atoms with Gasteiger partial charge in [0.15, 0.2) is 5.75 Å². The number of nitrogens with zero attached hydrogens (tertiary/aromatic N) is 1. The standard InChI is InChI=1S/C29H43NO4/c1-7-8-9-10-11-12-19-30-26-21-24(32-5)16-17-25(26)27(28(33-6)29(30)31)34-20-18-23(4)15-13-14-22(2)3/h14,16-18,21H,7-13,15,19-20H2,1-6H3/b23-18+. The summed E-state index contributed by atoms with van der Waals surface area (Å²) in [6, 6.07) is 5.77. The van der Waals surface area contributed by atoms with Crippen molar-refractivity contribution < 1.29 is 14.2 Å². The third-order valence-corrected chi connectivity index (χ3v) is 6.08. The maximum Gasteiger partial charge on any atom is 0.297 e. The highest BCUT2D eigenvalue weighted by atomic mass is 16.5. The van der Waals surface area contributed by atoms with Crippen molar-refractivity contribution in [3.63, 3.8) is 0 Å². The first-order valence-electron chi connectivity index (χ1n) is 12.6. The number of hydrogen-bond acceptors (Lipinski definition) is 4. The van der Waals surface area contributed by atoms with Crippen LogP contribution in [0.3, 0.4) is 0 Å². The van der Waals surface area contributed by atoms with Gasteiger partial charge in [-0.2, -0.15) is 0 Å². The highest BCUT2D eigenvalue weighted by Gasteiger charge is 2.19. The third kappa shape index (κ3) is 7.96. The Morgan fingerprint density at radius 2 is 1.68 bits per heavy atom. The van der Waals surface area contributed by atoms with E-state index in [2.05, 4.69) is 39.8 Å². The second-order valence-electron chi connectivity index (χ2n) is 9.15. The molecular weight excluding hydrogens is 426 g/mol. The van der Waals surface area contributed by atoms with E-state index in [1.165, 1.54) is 43.9 Å². The Kier molecular flexibility index (Phi) is 11.8. The van der Waals surface area contributed by atoms with E-state index in [0.29, 0.717) is 18.9 Å². The second kappa shape index (κ2) is 14.5. The van der Waals surface area contributed by atoms with Crippen LogP contribution < -0.4 is 19.8 Å². The zero-order valence-corrected chi connectivity index (χ0v) is 22.0. The molecule has 0 aliphatic heterocycles. The molecule has 0 aliphatic rings. The SMILES string of the molecule is CCCCCCCCn1c(=O)c(OC)c(OC/C=C(\C)CCC=C(C)C)c2ccc(OC)cc21. The van der Waals surface area contributed by atoms with Crippen molar-refractivity contribution >= 4 is 10.9 Å². The lowest BCUT2D eigenvalue weighted by molar-refractivity contribution is 0.323. The number of fused-ring (bicyclic) bond motifs is 1. The number of ether oxygens (including phenoxy) is 3. The molecule has 0 unspecified atom stereocenters. The van der Waals surface area contributed by atoms with Gasteiger partial charge in [-0.05, 0) is 58.2 Å². The molecule has 0 saturated heterocycles. The van der Waals surface area contributed by atoms with Crippen LogP contribution in [-0.2, 0) is 6.54 Å². The summed E-state index contributed by atoms with van der Waals surface area (Å²) in [4.78, 5) is 13.4. The van der Waals surface area contributed by atoms with Gasteiger partial charge in [0.2, 0.25) is 5.75 Å². The van der Waals surface area contributed by atoms with Crippen molar-refractivity contribution in [1.82, 2.24) is 4.57 Å². The molecule has 0 saturated carbocycles. The normalized spacial score (nSPS) is 11.5. The Hall–Kier alpha value is -2.69. The minimum Gasteiger partial charge on any atom is -0.497 e. The van der Waals surface area contributed by atoms with Crippen LogP contribution in [0.25, 0.3) is 10.9 Å². The van der Waals surface area contributed by atoms with Gasteiger partial charge in [0.05, 0.1) is 19.7 Å². The zero-order valence-electron chi connectivity index (χ0n) is 22.0. The minimum atomic E-state index is -0.156. The third-order valence-electron chi connectivity index (χ3n) is 6.08. The Balaban J connectivity index is 2.31. The van der Waals surface area contributed by atoms with Gasteiger partial charge in [-0.1, -0.05) is 56.3 Å². The monoisotopic (exact) mass is 469 g/mol. The lowest BCUT2D eigenvalue weighted by Crippen LogP contribution is -2.23. The van der Waals surface area contributed by atoms with Gasteiger partial charge in [-0.3, -0.25) is 4.79 Å². The molecule has 5 nitrogen and oxygen atoms in total. The largest absolute Gasteiger partial charge is 0.497 e. The molecule has 1 heterocycles. The number of aromatic nitrogens is 1. The summed E-state index contributed by atoms with van der Waals surface area (Å²) in [5, 5.41) is 0.860. The molecule has 0 N–H and O–H groups in total. The average molecular weight is 470 g/mol. The number of allylic oxidation sites excluding steroid dienone is 3. The van der Waals surface area contributed by atoms with E-state index in [4.69, 9.17) is 14.2 Å². The Morgan fingerprint density at radius 3 is 2.35 bits per heavy atom. The van der Waals surface area contributed by atoms with Crippen LogP contribution in [0.15, 0.2) is 46.3 Å². The van der Waals surface area contributed by atoms with E-state index in [-0.39, 0.29) is 11.3 Å². The molecule has 2 rings (SSSR count). The Labute approximate surface area is 205 Å². The fraction of sp³-hybridized carbons (Fsp3) is 0.552. The number of methoxy groups -OCH3 is 2. The van der Waals surface area contributed by atoms with Gasteiger partial charge >= 0.3 is 0 Å². The van der Waals surface area contributed by atoms with Crippen LogP contribution in [0.4, 0.5) is 0 Å². The van der Waals surface area contributed by atoms with Crippen LogP contribution in [-0.4, -0.2) is 25.4 Å². The van der Waals surface area contributed by atoms with Crippen LogP contribution >= 0.6 is 0 Å². The molecule has 5 heteroatoms. The molecule has 1 aromatic carbocycles. The van der Waals surface area contributed by atoms with Gasteiger partial charge in [-0.15, -0.1) is 0 Å². The van der Waals surface area contributed by atoms with E-state index in [9.17, 15) is 4.79 Å². The molecule has 2 aromatic rings. The molecule has 0 atom stereocenters. The molecule has 0 amide bonds. The Bertz CT molecular complexity index is 1030. The summed E-state index contributed by atoms with van der Waals surface area (Å²) in [6.07, 6.45) is 13.3. The van der Waals surface area contributed by atoms with E-state index in [1.807, 2.05) is 22.8 Å². The summed E-state index contributed by atoms with van der Waals surface area (Å²) in [5.74, 6) is 1.48. The first kappa shape index (κ1) is 27.6. The van der Waals surface area contributed by atoms with Gasteiger partial charge in [-0.25, -0.2) is 0 Å². The highest BCUT2D eigenvalue weighted by molar-refractivity contribution is 5.89. The van der Waals surface area contributed by atoms with E-state index >= 15 is 0 Å². The quantitative estimate of drug-likeness (QED) is 0.201. The van der Waals surface area contributed by atoms with Crippen molar-refractivity contribution in [3.05, 3.63) is 51.9 Å². The van der Waals surface area contributed by atoms with E-state index in [0.717, 1.165) is 42.3 Å². The van der Waals surface area contributed by atoms with Crippen LogP contribution in [0.5, 0.6) is 17.2 Å². The topological polar surface area (TPSA) is 49.7 Å². The Morgan fingerprint density at radius 1 is 0.941 bits per heavy atom. The first-order valence-corrected chi connectivity index (χ1v) is 12.6. The molecule has 188 valence electrons. The fourth-order valence-electron chi connectivity index (χ4n) is 4.06.